The van der Waals surface area contributed by atoms with E-state index in [1.54, 1.807) is 6.07 Å². The minimum atomic E-state index is -5.26. The lowest BCUT2D eigenvalue weighted by Gasteiger charge is -2.37. The third-order valence-electron chi connectivity index (χ3n) is 7.92. The minimum Gasteiger partial charge on any atom is -0.397 e. The SMILES string of the molecule is CN(C)CCCc1ccc(C(=O)N(C)c2n[nH]c3ncc(C#Cc4cc(F)cc(F)c4)nc23)c(N(C(=O)C(F)(F)F)C2CCOCC2)c1N. The molecule has 5 rings (SSSR count). The van der Waals surface area contributed by atoms with Crippen molar-refractivity contribution in [2.24, 2.45) is 0 Å². The molecule has 4 aromatic rings. The van der Waals surface area contributed by atoms with Crippen LogP contribution < -0.4 is 15.5 Å². The maximum Gasteiger partial charge on any atom is 0.471 e. The topological polar surface area (TPSA) is 134 Å². The van der Waals surface area contributed by atoms with Gasteiger partial charge in [0.1, 0.15) is 17.3 Å². The summed E-state index contributed by atoms with van der Waals surface area (Å²) < 4.78 is 75.1. The summed E-state index contributed by atoms with van der Waals surface area (Å²) in [7, 11) is 5.10. The number of halogens is 5. The molecule has 0 unspecified atom stereocenters. The monoisotopic (exact) mass is 684 g/mol. The zero-order valence-corrected chi connectivity index (χ0v) is 26.9. The second-order valence-electron chi connectivity index (χ2n) is 11.7. The fourth-order valence-corrected chi connectivity index (χ4v) is 5.53. The van der Waals surface area contributed by atoms with Crippen molar-refractivity contribution in [3.8, 4) is 11.8 Å². The number of carbonyl (C=O) groups excluding carboxylic acids is 2. The number of aryl methyl sites for hydroxylation is 1. The van der Waals surface area contributed by atoms with Crippen molar-refractivity contribution in [1.82, 2.24) is 25.1 Å². The van der Waals surface area contributed by atoms with E-state index in [0.29, 0.717) is 35.9 Å². The number of amides is 2. The van der Waals surface area contributed by atoms with Crippen LogP contribution >= 0.6 is 0 Å². The van der Waals surface area contributed by atoms with E-state index in [2.05, 4.69) is 32.0 Å². The van der Waals surface area contributed by atoms with Crippen LogP contribution in [0.1, 0.15) is 46.4 Å². The van der Waals surface area contributed by atoms with E-state index in [1.165, 1.54) is 19.3 Å². The molecule has 1 fully saturated rings. The van der Waals surface area contributed by atoms with Crippen molar-refractivity contribution in [1.29, 1.82) is 0 Å². The fourth-order valence-electron chi connectivity index (χ4n) is 5.53. The number of hydrogen-bond donors (Lipinski definition) is 2. The number of nitrogens with one attached hydrogen (secondary N) is 1. The third kappa shape index (κ3) is 7.95. The van der Waals surface area contributed by atoms with Gasteiger partial charge in [0.05, 0.1) is 23.1 Å². The number of alkyl halides is 3. The predicted molar refractivity (Wildman–Crippen MR) is 172 cm³/mol. The van der Waals surface area contributed by atoms with E-state index in [-0.39, 0.29) is 71.2 Å². The summed E-state index contributed by atoms with van der Waals surface area (Å²) >= 11 is 0. The van der Waals surface area contributed by atoms with Crippen molar-refractivity contribution in [2.45, 2.75) is 37.9 Å². The second-order valence-corrected chi connectivity index (χ2v) is 11.7. The molecule has 0 saturated carbocycles. The van der Waals surface area contributed by atoms with Crippen LogP contribution in [0.5, 0.6) is 0 Å². The molecule has 2 aromatic heterocycles. The molecule has 11 nitrogen and oxygen atoms in total. The molecule has 1 aliphatic heterocycles. The number of carbonyl (C=O) groups is 2. The summed E-state index contributed by atoms with van der Waals surface area (Å²) in [5.74, 6) is 0.634. The normalized spacial score (nSPS) is 13.7. The molecule has 0 aliphatic carbocycles. The summed E-state index contributed by atoms with van der Waals surface area (Å²) in [6.07, 6.45) is -2.78. The Labute approximate surface area is 278 Å². The van der Waals surface area contributed by atoms with Gasteiger partial charge < -0.3 is 15.4 Å². The molecule has 0 bridgehead atoms. The van der Waals surface area contributed by atoms with Crippen LogP contribution in [0.15, 0.2) is 36.5 Å². The summed E-state index contributed by atoms with van der Waals surface area (Å²) in [5.41, 5.74) is 6.72. The molecule has 0 radical (unpaired) electrons. The Morgan fingerprint density at radius 1 is 1.06 bits per heavy atom. The lowest BCUT2D eigenvalue weighted by atomic mass is 9.97. The van der Waals surface area contributed by atoms with Gasteiger partial charge in [0.15, 0.2) is 17.0 Å². The largest absolute Gasteiger partial charge is 0.471 e. The maximum absolute atomic E-state index is 14.2. The number of ether oxygens (including phenoxy) is 1. The molecule has 49 heavy (non-hydrogen) atoms. The zero-order chi connectivity index (χ0) is 35.5. The Morgan fingerprint density at radius 3 is 2.41 bits per heavy atom. The predicted octanol–water partition coefficient (Wildman–Crippen LogP) is 4.46. The van der Waals surface area contributed by atoms with Crippen LogP contribution in [0, 0.1) is 23.5 Å². The van der Waals surface area contributed by atoms with E-state index in [4.69, 9.17) is 10.5 Å². The van der Waals surface area contributed by atoms with Crippen LogP contribution in [0.3, 0.4) is 0 Å². The van der Waals surface area contributed by atoms with Gasteiger partial charge in [-0.1, -0.05) is 12.0 Å². The number of nitrogens with two attached hydrogens (primary N) is 1. The highest BCUT2D eigenvalue weighted by atomic mass is 19.4. The first-order chi connectivity index (χ1) is 23.2. The molecule has 0 atom stereocenters. The van der Waals surface area contributed by atoms with E-state index in [0.717, 1.165) is 17.0 Å². The van der Waals surface area contributed by atoms with Gasteiger partial charge >= 0.3 is 12.1 Å². The quantitative estimate of drug-likeness (QED) is 0.158. The molecule has 1 saturated heterocycles. The van der Waals surface area contributed by atoms with Crippen LogP contribution in [0.4, 0.5) is 39.1 Å². The summed E-state index contributed by atoms with van der Waals surface area (Å²) in [6.45, 7) is 0.909. The number of benzene rings is 2. The van der Waals surface area contributed by atoms with Crippen molar-refractivity contribution in [2.75, 3.05) is 56.4 Å². The minimum absolute atomic E-state index is 0.0488. The number of nitrogen functional groups attached to an aromatic ring is 1. The molecule has 16 heteroatoms. The molecule has 258 valence electrons. The van der Waals surface area contributed by atoms with E-state index >= 15 is 0 Å². The lowest BCUT2D eigenvalue weighted by molar-refractivity contribution is -0.171. The standard InChI is InChI=1S/C33H33F5N8O3/c1-44(2)12-4-5-20-7-9-25(28(26(20)39)46(32(48)33(36,37)38)24-10-13-49-14-11-24)31(47)45(3)30-27-29(42-43-30)40-18-23(41-27)8-6-19-15-21(34)17-22(35)16-19/h7,9,15-18,24H,4-5,10-14,39H2,1-3H3,(H,40,42,43). The van der Waals surface area contributed by atoms with E-state index in [1.807, 2.05) is 19.0 Å². The number of fused-ring (bicyclic) bond motifs is 1. The maximum atomic E-state index is 14.2. The van der Waals surface area contributed by atoms with Crippen molar-refractivity contribution < 1.29 is 36.3 Å². The third-order valence-corrected chi connectivity index (χ3v) is 7.92. The molecule has 3 N–H and O–H groups in total. The van der Waals surface area contributed by atoms with Gasteiger partial charge in [-0.15, -0.1) is 0 Å². The molecule has 2 aromatic carbocycles. The number of anilines is 3. The summed E-state index contributed by atoms with van der Waals surface area (Å²) in [5, 5.41) is 6.81. The average molecular weight is 685 g/mol. The van der Waals surface area contributed by atoms with Gasteiger partial charge in [0, 0.05) is 37.9 Å². The van der Waals surface area contributed by atoms with Crippen LogP contribution in [-0.4, -0.2) is 90.0 Å². The molecule has 0 spiro atoms. The smallest absolute Gasteiger partial charge is 0.397 e. The molecular formula is C33H33F5N8O3. The molecule has 1 aliphatic rings. The van der Waals surface area contributed by atoms with Crippen molar-refractivity contribution in [3.63, 3.8) is 0 Å². The van der Waals surface area contributed by atoms with E-state index in [9.17, 15) is 31.5 Å². The number of aromatic nitrogens is 4. The van der Waals surface area contributed by atoms with Crippen molar-refractivity contribution in [3.05, 3.63) is 70.5 Å². The van der Waals surface area contributed by atoms with Gasteiger partial charge in [-0.05, 0) is 76.0 Å². The Bertz CT molecular complexity index is 1910. The zero-order valence-electron chi connectivity index (χ0n) is 26.9. The molecule has 2 amide bonds. The highest BCUT2D eigenvalue weighted by molar-refractivity contribution is 6.15. The number of hydrogen-bond acceptors (Lipinski definition) is 8. The number of rotatable bonds is 8. The molecular weight excluding hydrogens is 651 g/mol. The van der Waals surface area contributed by atoms with Crippen molar-refractivity contribution >= 4 is 40.2 Å². The highest BCUT2D eigenvalue weighted by Gasteiger charge is 2.47. The average Bonchev–Trinajstić information content (AvgIpc) is 3.47. The highest BCUT2D eigenvalue weighted by Crippen LogP contribution is 2.39. The van der Waals surface area contributed by atoms with Gasteiger partial charge in [-0.3, -0.25) is 24.5 Å². The van der Waals surface area contributed by atoms with E-state index < -0.39 is 35.7 Å². The number of nitrogens with zero attached hydrogens (tertiary/aromatic N) is 6. The Kier molecular flexibility index (Phi) is 10.4. The number of aromatic amines is 1. The van der Waals surface area contributed by atoms with Crippen LogP contribution in [0.2, 0.25) is 0 Å². The van der Waals surface area contributed by atoms with Gasteiger partial charge in [0.25, 0.3) is 5.91 Å². The Morgan fingerprint density at radius 2 is 1.76 bits per heavy atom. The van der Waals surface area contributed by atoms with Gasteiger partial charge in [-0.25, -0.2) is 18.7 Å². The lowest BCUT2D eigenvalue weighted by Crippen LogP contribution is -2.50. The molecule has 3 heterocycles. The van der Waals surface area contributed by atoms with Crippen LogP contribution in [-0.2, 0) is 16.0 Å². The summed E-state index contributed by atoms with van der Waals surface area (Å²) in [4.78, 5) is 39.5. The first-order valence-electron chi connectivity index (χ1n) is 15.3. The first kappa shape index (κ1) is 35.2. The number of H-pyrrole nitrogens is 1. The van der Waals surface area contributed by atoms with Crippen LogP contribution in [0.25, 0.3) is 11.2 Å². The van der Waals surface area contributed by atoms with Gasteiger partial charge in [0.2, 0.25) is 0 Å². The Hall–Kier alpha value is -5.14. The fraction of sp³-hybridized carbons (Fsp3) is 0.364. The Balaban J connectivity index is 1.58. The second kappa shape index (κ2) is 14.5. The summed E-state index contributed by atoms with van der Waals surface area (Å²) in [6, 6.07) is 4.79. The van der Waals surface area contributed by atoms with Gasteiger partial charge in [-0.2, -0.15) is 18.3 Å². The first-order valence-corrected chi connectivity index (χ1v) is 15.3.